The molecule has 0 saturated heterocycles. The van der Waals surface area contributed by atoms with Crippen LogP contribution in [0.4, 0.5) is 0 Å². The smallest absolute Gasteiger partial charge is 0.155 e. The summed E-state index contributed by atoms with van der Waals surface area (Å²) in [7, 11) is 1.65. The van der Waals surface area contributed by atoms with E-state index in [0.717, 1.165) is 29.7 Å². The first-order chi connectivity index (χ1) is 8.67. The van der Waals surface area contributed by atoms with Gasteiger partial charge in [-0.25, -0.2) is 0 Å². The van der Waals surface area contributed by atoms with E-state index in [9.17, 15) is 4.79 Å². The maximum absolute atomic E-state index is 11.6. The molecule has 0 radical (unpaired) electrons. The van der Waals surface area contributed by atoms with Crippen molar-refractivity contribution in [3.63, 3.8) is 0 Å². The van der Waals surface area contributed by atoms with Gasteiger partial charge in [-0.2, -0.15) is 0 Å². The average Bonchev–Trinajstić information content (AvgIpc) is 2.38. The number of carbonyl (C=O) groups is 1. The van der Waals surface area contributed by atoms with Gasteiger partial charge in [0.2, 0.25) is 0 Å². The van der Waals surface area contributed by atoms with Gasteiger partial charge >= 0.3 is 0 Å². The Bertz CT molecular complexity index is 419. The Hall–Kier alpha value is -1.57. The van der Waals surface area contributed by atoms with Crippen molar-refractivity contribution in [3.8, 4) is 5.75 Å². The maximum atomic E-state index is 11.6. The summed E-state index contributed by atoms with van der Waals surface area (Å²) in [6, 6.07) is 7.78. The van der Waals surface area contributed by atoms with Crippen LogP contribution in [-0.2, 0) is 4.79 Å². The summed E-state index contributed by atoms with van der Waals surface area (Å²) in [4.78, 5) is 11.6. The largest absolute Gasteiger partial charge is 0.497 e. The highest BCUT2D eigenvalue weighted by atomic mass is 16.5. The van der Waals surface area contributed by atoms with Crippen molar-refractivity contribution in [2.24, 2.45) is 0 Å². The lowest BCUT2D eigenvalue weighted by Gasteiger charge is -2.05. The number of rotatable bonds is 7. The summed E-state index contributed by atoms with van der Waals surface area (Å²) in [6.45, 7) is 3.80. The first-order valence-corrected chi connectivity index (χ1v) is 6.53. The third-order valence-corrected chi connectivity index (χ3v) is 2.94. The average molecular weight is 246 g/mol. The molecule has 0 heterocycles. The summed E-state index contributed by atoms with van der Waals surface area (Å²) >= 11 is 0. The van der Waals surface area contributed by atoms with Crippen molar-refractivity contribution >= 4 is 11.9 Å². The summed E-state index contributed by atoms with van der Waals surface area (Å²) in [5.41, 5.74) is 1.92. The van der Waals surface area contributed by atoms with Crippen LogP contribution in [0.5, 0.6) is 5.75 Å². The second kappa shape index (κ2) is 7.70. The molecule has 0 fully saturated rings. The Morgan fingerprint density at radius 1 is 1.33 bits per heavy atom. The third kappa shape index (κ3) is 4.74. The molecule has 1 rings (SSSR count). The standard InChI is InChI=1S/C16H22O2/c1-4-5-6-9-15(13(2)17)11-14-8-7-10-16(12-14)18-3/h7-8,10-12H,4-6,9H2,1-3H3. The van der Waals surface area contributed by atoms with E-state index in [2.05, 4.69) is 6.92 Å². The van der Waals surface area contributed by atoms with Gasteiger partial charge in [-0.15, -0.1) is 0 Å². The zero-order valence-corrected chi connectivity index (χ0v) is 11.5. The highest BCUT2D eigenvalue weighted by Gasteiger charge is 2.04. The molecule has 0 N–H and O–H groups in total. The number of methoxy groups -OCH3 is 1. The van der Waals surface area contributed by atoms with Crippen LogP contribution in [0, 0.1) is 0 Å². The molecule has 1 aromatic rings. The van der Waals surface area contributed by atoms with E-state index >= 15 is 0 Å². The fourth-order valence-electron chi connectivity index (χ4n) is 1.85. The summed E-state index contributed by atoms with van der Waals surface area (Å²) < 4.78 is 5.18. The summed E-state index contributed by atoms with van der Waals surface area (Å²) in [5, 5.41) is 0. The lowest BCUT2D eigenvalue weighted by Crippen LogP contribution is -1.97. The van der Waals surface area contributed by atoms with Crippen LogP contribution in [0.3, 0.4) is 0 Å². The fourth-order valence-corrected chi connectivity index (χ4v) is 1.85. The van der Waals surface area contributed by atoms with Gasteiger partial charge in [0, 0.05) is 0 Å². The Morgan fingerprint density at radius 3 is 2.72 bits per heavy atom. The Kier molecular flexibility index (Phi) is 6.20. The predicted octanol–water partition coefficient (Wildman–Crippen LogP) is 4.25. The van der Waals surface area contributed by atoms with Gasteiger partial charge in [-0.3, -0.25) is 4.79 Å². The fraction of sp³-hybridized carbons (Fsp3) is 0.438. The van der Waals surface area contributed by atoms with Gasteiger partial charge in [-0.1, -0.05) is 31.9 Å². The third-order valence-electron chi connectivity index (χ3n) is 2.94. The number of ether oxygens (including phenoxy) is 1. The SMILES string of the molecule is CCCCCC(=Cc1cccc(OC)c1)C(C)=O. The van der Waals surface area contributed by atoms with E-state index in [1.54, 1.807) is 14.0 Å². The molecule has 0 aromatic heterocycles. The first kappa shape index (κ1) is 14.5. The second-order valence-electron chi connectivity index (χ2n) is 4.46. The quantitative estimate of drug-likeness (QED) is 0.531. The van der Waals surface area contributed by atoms with Crippen molar-refractivity contribution in [1.29, 1.82) is 0 Å². The van der Waals surface area contributed by atoms with Crippen LogP contribution in [0.15, 0.2) is 29.8 Å². The Morgan fingerprint density at radius 2 is 2.11 bits per heavy atom. The molecule has 98 valence electrons. The van der Waals surface area contributed by atoms with Gasteiger partial charge in [0.05, 0.1) is 7.11 Å². The van der Waals surface area contributed by atoms with E-state index in [0.29, 0.717) is 0 Å². The molecular weight excluding hydrogens is 224 g/mol. The van der Waals surface area contributed by atoms with Gasteiger partial charge in [0.25, 0.3) is 0 Å². The molecule has 0 unspecified atom stereocenters. The number of hydrogen-bond acceptors (Lipinski definition) is 2. The molecule has 0 aliphatic heterocycles. The van der Waals surface area contributed by atoms with Gasteiger partial charge in [0.15, 0.2) is 5.78 Å². The number of allylic oxidation sites excluding steroid dienone is 1. The zero-order chi connectivity index (χ0) is 13.4. The Labute approximate surface area is 110 Å². The molecule has 0 spiro atoms. The summed E-state index contributed by atoms with van der Waals surface area (Å²) in [6.07, 6.45) is 6.25. The number of ketones is 1. The molecule has 18 heavy (non-hydrogen) atoms. The molecule has 2 nitrogen and oxygen atoms in total. The molecule has 0 amide bonds. The lowest BCUT2D eigenvalue weighted by atomic mass is 10.0. The normalized spacial score (nSPS) is 11.4. The Balaban J connectivity index is 2.82. The van der Waals surface area contributed by atoms with Crippen LogP contribution in [0.25, 0.3) is 6.08 Å². The van der Waals surface area contributed by atoms with E-state index in [1.807, 2.05) is 30.3 Å². The van der Waals surface area contributed by atoms with Crippen LogP contribution in [0.2, 0.25) is 0 Å². The second-order valence-corrected chi connectivity index (χ2v) is 4.46. The molecule has 0 saturated carbocycles. The monoisotopic (exact) mass is 246 g/mol. The molecule has 0 aliphatic rings. The van der Waals surface area contributed by atoms with Gasteiger partial charge in [0.1, 0.15) is 5.75 Å². The van der Waals surface area contributed by atoms with Crippen molar-refractivity contribution in [3.05, 3.63) is 35.4 Å². The van der Waals surface area contributed by atoms with E-state index in [-0.39, 0.29) is 5.78 Å². The predicted molar refractivity (Wildman–Crippen MR) is 75.8 cm³/mol. The number of unbranched alkanes of at least 4 members (excludes halogenated alkanes) is 2. The molecule has 0 bridgehead atoms. The van der Waals surface area contributed by atoms with Crippen LogP contribution >= 0.6 is 0 Å². The molecule has 1 aromatic carbocycles. The zero-order valence-electron chi connectivity index (χ0n) is 11.5. The van der Waals surface area contributed by atoms with Crippen molar-refractivity contribution in [2.45, 2.75) is 39.5 Å². The van der Waals surface area contributed by atoms with Crippen LogP contribution < -0.4 is 4.74 Å². The first-order valence-electron chi connectivity index (χ1n) is 6.53. The summed E-state index contributed by atoms with van der Waals surface area (Å²) in [5.74, 6) is 0.981. The highest BCUT2D eigenvalue weighted by Crippen LogP contribution is 2.18. The number of benzene rings is 1. The minimum Gasteiger partial charge on any atom is -0.497 e. The van der Waals surface area contributed by atoms with E-state index < -0.39 is 0 Å². The molecule has 2 heteroatoms. The topological polar surface area (TPSA) is 26.3 Å². The highest BCUT2D eigenvalue weighted by molar-refractivity contribution is 5.97. The lowest BCUT2D eigenvalue weighted by molar-refractivity contribution is -0.113. The molecule has 0 atom stereocenters. The van der Waals surface area contributed by atoms with Gasteiger partial charge < -0.3 is 4.74 Å². The molecular formula is C16H22O2. The minimum absolute atomic E-state index is 0.161. The number of carbonyl (C=O) groups excluding carboxylic acids is 1. The number of Topliss-reactive ketones (excluding diaryl/α,β-unsaturated/α-hetero) is 1. The van der Waals surface area contributed by atoms with Crippen molar-refractivity contribution in [2.75, 3.05) is 7.11 Å². The maximum Gasteiger partial charge on any atom is 0.155 e. The number of hydrogen-bond donors (Lipinski definition) is 0. The van der Waals surface area contributed by atoms with Crippen molar-refractivity contribution < 1.29 is 9.53 Å². The van der Waals surface area contributed by atoms with Gasteiger partial charge in [-0.05, 0) is 49.1 Å². The molecule has 0 aliphatic carbocycles. The van der Waals surface area contributed by atoms with E-state index in [1.165, 1.54) is 12.8 Å². The van der Waals surface area contributed by atoms with Crippen LogP contribution in [0.1, 0.15) is 45.1 Å². The van der Waals surface area contributed by atoms with Crippen LogP contribution in [-0.4, -0.2) is 12.9 Å². The minimum atomic E-state index is 0.161. The van der Waals surface area contributed by atoms with E-state index in [4.69, 9.17) is 4.74 Å². The van der Waals surface area contributed by atoms with Crippen molar-refractivity contribution in [1.82, 2.24) is 0 Å².